The van der Waals surface area contributed by atoms with E-state index in [1.165, 1.54) is 0 Å². The van der Waals surface area contributed by atoms with Gasteiger partial charge in [-0.15, -0.1) is 0 Å². The molecule has 17 heavy (non-hydrogen) atoms. The van der Waals surface area contributed by atoms with E-state index in [1.54, 1.807) is 0 Å². The molecule has 2 rings (SSSR count). The number of Topliss-reactive ketones (excluding diaryl/α,β-unsaturated/α-hetero) is 1. The van der Waals surface area contributed by atoms with Gasteiger partial charge in [-0.05, 0) is 20.5 Å². The van der Waals surface area contributed by atoms with Gasteiger partial charge in [-0.25, -0.2) is 5.43 Å². The maximum absolute atomic E-state index is 12.2. The van der Waals surface area contributed by atoms with Crippen molar-refractivity contribution in [1.29, 1.82) is 0 Å². The number of aliphatic imine (C=N–C) groups is 1. The monoisotopic (exact) mass is 237 g/mol. The molecule has 1 unspecified atom stereocenters. The molecule has 1 atom stereocenters. The summed E-state index contributed by atoms with van der Waals surface area (Å²) in [6.45, 7) is 1.81. The Labute approximate surface area is 101 Å². The van der Waals surface area contributed by atoms with Crippen molar-refractivity contribution in [2.75, 3.05) is 33.7 Å². The van der Waals surface area contributed by atoms with Crippen LogP contribution in [0.1, 0.15) is 6.42 Å². The highest BCUT2D eigenvalue weighted by atomic mass is 16.1. The van der Waals surface area contributed by atoms with Gasteiger partial charge in [0.05, 0.1) is 18.2 Å². The molecule has 0 amide bonds. The van der Waals surface area contributed by atoms with Crippen LogP contribution in [-0.4, -0.2) is 50.1 Å². The Morgan fingerprint density at radius 1 is 1.53 bits per heavy atom. The standard InChI is InChI=1S/C11H19N5O/c1-16(2)4-3-8-7(5-12)11(17)10-9(14-8)6-13-15-10/h7,13,15H,3-6,12H2,1-2H3. The molecule has 0 saturated carbocycles. The van der Waals surface area contributed by atoms with Crippen LogP contribution in [0.25, 0.3) is 0 Å². The van der Waals surface area contributed by atoms with E-state index >= 15 is 0 Å². The minimum absolute atomic E-state index is 0.0660. The van der Waals surface area contributed by atoms with Gasteiger partial charge >= 0.3 is 0 Å². The SMILES string of the molecule is CN(C)CCC1=NC2=C(NNC2)C(=O)C1CN. The van der Waals surface area contributed by atoms with Crippen LogP contribution in [0.2, 0.25) is 0 Å². The van der Waals surface area contributed by atoms with Crippen LogP contribution in [0, 0.1) is 5.92 Å². The third-order valence-corrected chi connectivity index (χ3v) is 3.05. The Morgan fingerprint density at radius 2 is 2.29 bits per heavy atom. The van der Waals surface area contributed by atoms with Crippen LogP contribution in [0.4, 0.5) is 0 Å². The number of carbonyl (C=O) groups is 1. The summed E-state index contributed by atoms with van der Waals surface area (Å²) in [5.41, 5.74) is 13.8. The Bertz CT molecular complexity index is 385. The lowest BCUT2D eigenvalue weighted by Gasteiger charge is -2.22. The lowest BCUT2D eigenvalue weighted by atomic mass is 9.91. The van der Waals surface area contributed by atoms with Crippen molar-refractivity contribution in [1.82, 2.24) is 15.8 Å². The van der Waals surface area contributed by atoms with Crippen LogP contribution >= 0.6 is 0 Å². The topological polar surface area (TPSA) is 82.8 Å². The molecule has 6 nitrogen and oxygen atoms in total. The summed E-state index contributed by atoms with van der Waals surface area (Å²) >= 11 is 0. The Kier molecular flexibility index (Phi) is 3.56. The molecule has 2 aliphatic rings. The molecule has 0 saturated heterocycles. The minimum atomic E-state index is -0.263. The van der Waals surface area contributed by atoms with Gasteiger partial charge in [-0.3, -0.25) is 9.79 Å². The van der Waals surface area contributed by atoms with E-state index in [0.29, 0.717) is 18.8 Å². The maximum Gasteiger partial charge on any atom is 0.191 e. The number of nitrogens with two attached hydrogens (primary N) is 1. The fourth-order valence-electron chi connectivity index (χ4n) is 2.06. The van der Waals surface area contributed by atoms with Gasteiger partial charge in [0.1, 0.15) is 5.70 Å². The molecule has 0 aromatic carbocycles. The smallest absolute Gasteiger partial charge is 0.191 e. The molecule has 4 N–H and O–H groups in total. The average molecular weight is 237 g/mol. The number of hydrogen-bond donors (Lipinski definition) is 3. The highest BCUT2D eigenvalue weighted by Gasteiger charge is 2.34. The lowest BCUT2D eigenvalue weighted by molar-refractivity contribution is -0.117. The average Bonchev–Trinajstić information content (AvgIpc) is 2.74. The molecule has 0 aromatic rings. The molecule has 0 radical (unpaired) electrons. The number of carbonyl (C=O) groups excluding carboxylic acids is 1. The van der Waals surface area contributed by atoms with Crippen molar-refractivity contribution >= 4 is 11.5 Å². The Hall–Kier alpha value is -1.24. The highest BCUT2D eigenvalue weighted by Crippen LogP contribution is 2.22. The molecule has 0 fully saturated rings. The molecule has 2 aliphatic heterocycles. The molecule has 0 bridgehead atoms. The predicted molar refractivity (Wildman–Crippen MR) is 66.3 cm³/mol. The predicted octanol–water partition coefficient (Wildman–Crippen LogP) is -1.14. The van der Waals surface area contributed by atoms with Crippen LogP contribution in [0.3, 0.4) is 0 Å². The third-order valence-electron chi connectivity index (χ3n) is 3.05. The van der Waals surface area contributed by atoms with Crippen molar-refractivity contribution in [2.24, 2.45) is 16.6 Å². The van der Waals surface area contributed by atoms with Crippen molar-refractivity contribution < 1.29 is 4.79 Å². The lowest BCUT2D eigenvalue weighted by Crippen LogP contribution is -2.39. The summed E-state index contributed by atoms with van der Waals surface area (Å²) in [5, 5.41) is 0. The zero-order valence-electron chi connectivity index (χ0n) is 10.3. The van der Waals surface area contributed by atoms with Crippen LogP contribution < -0.4 is 16.6 Å². The molecule has 0 aliphatic carbocycles. The summed E-state index contributed by atoms with van der Waals surface area (Å²) in [6, 6.07) is 0. The zero-order chi connectivity index (χ0) is 12.4. The van der Waals surface area contributed by atoms with E-state index in [-0.39, 0.29) is 11.7 Å². The first-order valence-corrected chi connectivity index (χ1v) is 5.82. The summed E-state index contributed by atoms with van der Waals surface area (Å²) in [4.78, 5) is 18.8. The number of nitrogens with zero attached hydrogens (tertiary/aromatic N) is 2. The molecular formula is C11H19N5O. The van der Waals surface area contributed by atoms with Gasteiger partial charge in [0, 0.05) is 18.8 Å². The number of hydrogen-bond acceptors (Lipinski definition) is 6. The molecule has 2 heterocycles. The Morgan fingerprint density at radius 3 is 2.94 bits per heavy atom. The largest absolute Gasteiger partial charge is 0.329 e. The van der Waals surface area contributed by atoms with E-state index in [4.69, 9.17) is 5.73 Å². The quantitative estimate of drug-likeness (QED) is 0.575. The molecule has 6 heteroatoms. The second-order valence-corrected chi connectivity index (χ2v) is 4.61. The number of hydrazine groups is 1. The van der Waals surface area contributed by atoms with Gasteiger partial charge < -0.3 is 16.1 Å². The summed E-state index contributed by atoms with van der Waals surface area (Å²) < 4.78 is 0. The van der Waals surface area contributed by atoms with Gasteiger partial charge in [-0.1, -0.05) is 0 Å². The second-order valence-electron chi connectivity index (χ2n) is 4.61. The van der Waals surface area contributed by atoms with Crippen LogP contribution in [0.5, 0.6) is 0 Å². The van der Waals surface area contributed by atoms with Crippen molar-refractivity contribution in [2.45, 2.75) is 6.42 Å². The van der Waals surface area contributed by atoms with Crippen molar-refractivity contribution in [3.05, 3.63) is 11.4 Å². The van der Waals surface area contributed by atoms with Crippen LogP contribution in [-0.2, 0) is 4.79 Å². The number of allylic oxidation sites excluding steroid dienone is 1. The normalized spacial score (nSPS) is 23.9. The Balaban J connectivity index is 2.19. The minimum Gasteiger partial charge on any atom is -0.329 e. The fourth-order valence-corrected chi connectivity index (χ4v) is 2.06. The summed E-state index contributed by atoms with van der Waals surface area (Å²) in [6.07, 6.45) is 0.789. The van der Waals surface area contributed by atoms with Gasteiger partial charge in [0.2, 0.25) is 0 Å². The van der Waals surface area contributed by atoms with Crippen LogP contribution in [0.15, 0.2) is 16.4 Å². The highest BCUT2D eigenvalue weighted by molar-refractivity contribution is 6.15. The number of nitrogens with one attached hydrogen (secondary N) is 2. The summed E-state index contributed by atoms with van der Waals surface area (Å²) in [5.74, 6) is -0.197. The number of rotatable bonds is 4. The van der Waals surface area contributed by atoms with E-state index in [2.05, 4.69) is 20.7 Å². The van der Waals surface area contributed by atoms with Crippen molar-refractivity contribution in [3.63, 3.8) is 0 Å². The summed E-state index contributed by atoms with van der Waals surface area (Å²) in [7, 11) is 4.01. The van der Waals surface area contributed by atoms with Gasteiger partial charge in [0.25, 0.3) is 0 Å². The third kappa shape index (κ3) is 2.38. The van der Waals surface area contributed by atoms with Gasteiger partial charge in [-0.2, -0.15) is 0 Å². The molecule has 0 aromatic heterocycles. The maximum atomic E-state index is 12.2. The van der Waals surface area contributed by atoms with E-state index in [9.17, 15) is 4.79 Å². The van der Waals surface area contributed by atoms with Crippen molar-refractivity contribution in [3.8, 4) is 0 Å². The number of ketones is 1. The first-order valence-electron chi connectivity index (χ1n) is 5.82. The zero-order valence-corrected chi connectivity index (χ0v) is 10.3. The van der Waals surface area contributed by atoms with E-state index < -0.39 is 0 Å². The van der Waals surface area contributed by atoms with E-state index in [0.717, 1.165) is 24.4 Å². The van der Waals surface area contributed by atoms with Gasteiger partial charge in [0.15, 0.2) is 5.78 Å². The molecule has 0 spiro atoms. The van der Waals surface area contributed by atoms with E-state index in [1.807, 2.05) is 14.1 Å². The molecular weight excluding hydrogens is 218 g/mol. The molecule has 94 valence electrons. The first-order chi connectivity index (χ1) is 8.13. The fraction of sp³-hybridized carbons (Fsp3) is 0.636. The first kappa shape index (κ1) is 12.2. The second kappa shape index (κ2) is 4.95.